The van der Waals surface area contributed by atoms with Gasteiger partial charge in [0, 0.05) is 48.3 Å². The van der Waals surface area contributed by atoms with Crippen LogP contribution in [0.25, 0.3) is 0 Å². The van der Waals surface area contributed by atoms with E-state index in [-0.39, 0.29) is 5.96 Å². The molecule has 130 valence electrons. The van der Waals surface area contributed by atoms with E-state index < -0.39 is 0 Å². The average Bonchev–Trinajstić information content (AvgIpc) is 3.18. The number of rotatable bonds is 9. The zero-order chi connectivity index (χ0) is 17.2. The number of nitrogens with two attached hydrogens (primary N) is 2. The number of imidazole rings is 1. The van der Waals surface area contributed by atoms with Crippen LogP contribution >= 0.6 is 35.3 Å². The van der Waals surface area contributed by atoms with Gasteiger partial charge in [0.05, 0.1) is 12.0 Å². The lowest BCUT2D eigenvalue weighted by molar-refractivity contribution is 0.819. The molecule has 0 radical (unpaired) electrons. The van der Waals surface area contributed by atoms with Crippen LogP contribution in [0.15, 0.2) is 22.9 Å². The van der Waals surface area contributed by atoms with E-state index in [1.807, 2.05) is 11.6 Å². The van der Waals surface area contributed by atoms with Crippen LogP contribution in [0.4, 0.5) is 5.13 Å². The zero-order valence-corrected chi connectivity index (χ0v) is 15.4. The van der Waals surface area contributed by atoms with Crippen molar-refractivity contribution in [1.82, 2.24) is 25.6 Å². The van der Waals surface area contributed by atoms with Crippen molar-refractivity contribution < 1.29 is 0 Å². The van der Waals surface area contributed by atoms with Gasteiger partial charge in [0.25, 0.3) is 0 Å². The summed E-state index contributed by atoms with van der Waals surface area (Å²) >= 11 is 8.43. The van der Waals surface area contributed by atoms with Gasteiger partial charge in [-0.2, -0.15) is 16.8 Å². The van der Waals surface area contributed by atoms with E-state index in [0.29, 0.717) is 10.2 Å². The maximum absolute atomic E-state index is 5.32. The maximum Gasteiger partial charge on any atom is 0.212 e. The van der Waals surface area contributed by atoms with Gasteiger partial charge in [-0.25, -0.2) is 9.97 Å². The molecule has 0 aliphatic heterocycles. The summed E-state index contributed by atoms with van der Waals surface area (Å²) in [6, 6.07) is 0. The molecular weight excluding hydrogens is 364 g/mol. The molecule has 2 aromatic heterocycles. The van der Waals surface area contributed by atoms with Gasteiger partial charge in [-0.05, 0) is 12.2 Å². The largest absolute Gasteiger partial charge is 0.370 e. The van der Waals surface area contributed by atoms with Gasteiger partial charge in [0.1, 0.15) is 0 Å². The first-order chi connectivity index (χ1) is 11.6. The third kappa shape index (κ3) is 7.15. The first kappa shape index (κ1) is 18.5. The molecule has 2 heterocycles. The van der Waals surface area contributed by atoms with E-state index in [1.165, 1.54) is 11.3 Å². The van der Waals surface area contributed by atoms with E-state index in [9.17, 15) is 0 Å². The van der Waals surface area contributed by atoms with E-state index in [2.05, 4.69) is 30.6 Å². The molecule has 2 rings (SSSR count). The van der Waals surface area contributed by atoms with Crippen LogP contribution in [0, 0.1) is 0 Å². The number of thioether (sulfide) groups is 1. The van der Waals surface area contributed by atoms with Gasteiger partial charge >= 0.3 is 0 Å². The fourth-order valence-corrected chi connectivity index (χ4v) is 3.50. The lowest BCUT2D eigenvalue weighted by atomic mass is 10.3. The monoisotopic (exact) mass is 384 g/mol. The lowest BCUT2D eigenvalue weighted by Gasteiger charge is -2.09. The molecule has 0 spiro atoms. The highest BCUT2D eigenvalue weighted by atomic mass is 32.2. The second-order valence-electron chi connectivity index (χ2n) is 4.72. The van der Waals surface area contributed by atoms with Crippen LogP contribution in [0.5, 0.6) is 0 Å². The SMILES string of the molecule is NC(N)=Nc1nc(CSCCNC(=S)NCCc2cnc[nH]2)cs1. The minimum absolute atomic E-state index is 0.0290. The van der Waals surface area contributed by atoms with Crippen LogP contribution in [0.2, 0.25) is 0 Å². The Bertz CT molecular complexity index is 648. The summed E-state index contributed by atoms with van der Waals surface area (Å²) in [5.74, 6) is 1.77. The van der Waals surface area contributed by atoms with E-state index in [0.717, 1.165) is 42.4 Å². The Hall–Kier alpha value is -1.85. The van der Waals surface area contributed by atoms with Gasteiger partial charge in [0.2, 0.25) is 5.13 Å². The number of aliphatic imine (C=N–C) groups is 1. The fourth-order valence-electron chi connectivity index (χ4n) is 1.73. The number of thiocarbonyl (C=S) groups is 1. The smallest absolute Gasteiger partial charge is 0.212 e. The molecule has 2 aromatic rings. The van der Waals surface area contributed by atoms with Crippen LogP contribution in [-0.2, 0) is 12.2 Å². The van der Waals surface area contributed by atoms with Crippen molar-refractivity contribution in [2.24, 2.45) is 16.5 Å². The Morgan fingerprint density at radius 2 is 2.21 bits per heavy atom. The Morgan fingerprint density at radius 3 is 2.96 bits per heavy atom. The van der Waals surface area contributed by atoms with Crippen LogP contribution < -0.4 is 22.1 Å². The number of hydrogen-bond acceptors (Lipinski definition) is 6. The Kier molecular flexibility index (Phi) is 7.79. The number of aromatic amines is 1. The lowest BCUT2D eigenvalue weighted by Crippen LogP contribution is -2.37. The van der Waals surface area contributed by atoms with Gasteiger partial charge in [-0.3, -0.25) is 0 Å². The normalized spacial score (nSPS) is 10.3. The molecule has 0 bridgehead atoms. The molecule has 0 saturated heterocycles. The summed E-state index contributed by atoms with van der Waals surface area (Å²) in [5, 5.41) is 9.56. The molecule has 0 amide bonds. The highest BCUT2D eigenvalue weighted by Gasteiger charge is 2.02. The highest BCUT2D eigenvalue weighted by Crippen LogP contribution is 2.21. The van der Waals surface area contributed by atoms with Crippen molar-refractivity contribution in [1.29, 1.82) is 0 Å². The predicted molar refractivity (Wildman–Crippen MR) is 105 cm³/mol. The third-order valence-electron chi connectivity index (χ3n) is 2.78. The van der Waals surface area contributed by atoms with Gasteiger partial charge in [-0.1, -0.05) is 0 Å². The number of H-pyrrole nitrogens is 1. The van der Waals surface area contributed by atoms with Gasteiger partial charge in [-0.15, -0.1) is 11.3 Å². The number of aromatic nitrogens is 3. The minimum atomic E-state index is 0.0290. The molecule has 0 aliphatic carbocycles. The summed E-state index contributed by atoms with van der Waals surface area (Å²) in [4.78, 5) is 15.3. The van der Waals surface area contributed by atoms with E-state index in [1.54, 1.807) is 18.1 Å². The summed E-state index contributed by atoms with van der Waals surface area (Å²) in [6.07, 6.45) is 4.34. The Balaban J connectivity index is 1.52. The van der Waals surface area contributed by atoms with Crippen molar-refractivity contribution in [3.8, 4) is 0 Å². The molecule has 0 saturated carbocycles. The number of hydrogen-bond donors (Lipinski definition) is 5. The highest BCUT2D eigenvalue weighted by molar-refractivity contribution is 7.98. The minimum Gasteiger partial charge on any atom is -0.370 e. The standard InChI is InChI=1S/C13H20N8S3/c14-11(15)21-13-20-10(7-24-13)6-23-4-3-18-12(22)17-2-1-9-5-16-8-19-9/h5,7-8H,1-4,6H2,(H,16,19)(H2,17,18,22)(H4,14,15,20,21). The second-order valence-corrected chi connectivity index (χ2v) is 7.07. The molecule has 0 atom stereocenters. The summed E-state index contributed by atoms with van der Waals surface area (Å²) < 4.78 is 0. The van der Waals surface area contributed by atoms with Crippen LogP contribution in [0.3, 0.4) is 0 Å². The zero-order valence-electron chi connectivity index (χ0n) is 13.0. The summed E-state index contributed by atoms with van der Waals surface area (Å²) in [5.41, 5.74) is 12.7. The number of guanidine groups is 1. The van der Waals surface area contributed by atoms with Crippen molar-refractivity contribution in [3.05, 3.63) is 29.3 Å². The molecule has 0 unspecified atom stereocenters. The summed E-state index contributed by atoms with van der Waals surface area (Å²) in [7, 11) is 0. The first-order valence-corrected chi connectivity index (χ1v) is 9.68. The van der Waals surface area contributed by atoms with Crippen molar-refractivity contribution in [2.75, 3.05) is 18.8 Å². The van der Waals surface area contributed by atoms with Gasteiger partial charge < -0.3 is 27.1 Å². The number of thiazole rings is 1. The topological polar surface area (TPSA) is 130 Å². The molecule has 24 heavy (non-hydrogen) atoms. The third-order valence-corrected chi connectivity index (χ3v) is 4.85. The molecule has 0 aromatic carbocycles. The van der Waals surface area contributed by atoms with Crippen molar-refractivity contribution in [2.45, 2.75) is 12.2 Å². The molecule has 0 fully saturated rings. The molecule has 0 aliphatic rings. The Labute approximate surface area is 153 Å². The molecule has 8 nitrogen and oxygen atoms in total. The molecule has 11 heteroatoms. The first-order valence-electron chi connectivity index (χ1n) is 7.24. The summed E-state index contributed by atoms with van der Waals surface area (Å²) in [6.45, 7) is 1.57. The molecule has 7 N–H and O–H groups in total. The van der Waals surface area contributed by atoms with E-state index >= 15 is 0 Å². The van der Waals surface area contributed by atoms with Crippen LogP contribution in [-0.4, -0.2) is 44.9 Å². The van der Waals surface area contributed by atoms with Crippen LogP contribution in [0.1, 0.15) is 11.4 Å². The number of nitrogens with zero attached hydrogens (tertiary/aromatic N) is 3. The Morgan fingerprint density at radius 1 is 1.38 bits per heavy atom. The van der Waals surface area contributed by atoms with Gasteiger partial charge in [0.15, 0.2) is 11.1 Å². The van der Waals surface area contributed by atoms with E-state index in [4.69, 9.17) is 23.7 Å². The van der Waals surface area contributed by atoms with Crippen molar-refractivity contribution >= 4 is 51.5 Å². The second kappa shape index (κ2) is 10.1. The van der Waals surface area contributed by atoms with Crippen molar-refractivity contribution in [3.63, 3.8) is 0 Å². The maximum atomic E-state index is 5.32. The number of nitrogens with one attached hydrogen (secondary N) is 3. The average molecular weight is 385 g/mol. The quantitative estimate of drug-likeness (QED) is 0.185. The fraction of sp³-hybridized carbons (Fsp3) is 0.385. The predicted octanol–water partition coefficient (Wildman–Crippen LogP) is 0.711. The molecular formula is C13H20N8S3.